The van der Waals surface area contributed by atoms with E-state index in [4.69, 9.17) is 11.6 Å². The van der Waals surface area contributed by atoms with Crippen LogP contribution < -0.4 is 10.2 Å². The van der Waals surface area contributed by atoms with E-state index in [0.29, 0.717) is 18.8 Å². The third-order valence-corrected chi connectivity index (χ3v) is 7.50. The summed E-state index contributed by atoms with van der Waals surface area (Å²) in [7, 11) is -3.68. The van der Waals surface area contributed by atoms with Crippen molar-refractivity contribution in [1.82, 2.24) is 4.31 Å². The van der Waals surface area contributed by atoms with Gasteiger partial charge in [0.2, 0.25) is 10.0 Å². The van der Waals surface area contributed by atoms with E-state index in [2.05, 4.69) is 10.2 Å². The first-order valence-corrected chi connectivity index (χ1v) is 11.6. The van der Waals surface area contributed by atoms with E-state index >= 15 is 0 Å². The summed E-state index contributed by atoms with van der Waals surface area (Å²) in [5.74, 6) is -0.432. The third kappa shape index (κ3) is 4.57. The summed E-state index contributed by atoms with van der Waals surface area (Å²) in [6.45, 7) is 6.16. The summed E-state index contributed by atoms with van der Waals surface area (Å²) in [5.41, 5.74) is 1.78. The molecule has 1 saturated heterocycles. The van der Waals surface area contributed by atoms with Gasteiger partial charge in [0.15, 0.2) is 0 Å². The number of halogens is 1. The van der Waals surface area contributed by atoms with Gasteiger partial charge in [-0.25, -0.2) is 8.42 Å². The number of carbonyl (C=O) groups excluding carboxylic acids is 1. The molecule has 0 bridgehead atoms. The fourth-order valence-corrected chi connectivity index (χ4v) is 5.24. The average Bonchev–Trinajstić information content (AvgIpc) is 3.24. The minimum Gasteiger partial charge on any atom is -0.370 e. The molecule has 1 fully saturated rings. The lowest BCUT2D eigenvalue weighted by Gasteiger charge is -2.22. The number of amides is 1. The Morgan fingerprint density at radius 2 is 1.76 bits per heavy atom. The SMILES string of the molecule is CCN(CC)S(=O)(=O)c1ccc(Cl)c(C(=O)Nc2ccccc2N2CCCC2)c1. The Morgan fingerprint density at radius 3 is 2.41 bits per heavy atom. The first-order valence-electron chi connectivity index (χ1n) is 9.83. The number of para-hydroxylation sites is 2. The van der Waals surface area contributed by atoms with Gasteiger partial charge in [-0.15, -0.1) is 0 Å². The molecular formula is C21H26ClN3O3S. The molecule has 1 heterocycles. The van der Waals surface area contributed by atoms with Crippen molar-refractivity contribution in [3.63, 3.8) is 0 Å². The standard InChI is InChI=1S/C21H26ClN3O3S/c1-3-25(4-2)29(27,28)16-11-12-18(22)17(15-16)21(26)23-19-9-5-6-10-20(19)24-13-7-8-14-24/h5-6,9-12,15H,3-4,7-8,13-14H2,1-2H3,(H,23,26). The number of nitrogens with zero attached hydrogens (tertiary/aromatic N) is 2. The van der Waals surface area contributed by atoms with E-state index in [9.17, 15) is 13.2 Å². The van der Waals surface area contributed by atoms with Crippen molar-refractivity contribution in [2.24, 2.45) is 0 Å². The van der Waals surface area contributed by atoms with Gasteiger partial charge in [-0.1, -0.05) is 37.6 Å². The van der Waals surface area contributed by atoms with Crippen molar-refractivity contribution in [2.45, 2.75) is 31.6 Å². The van der Waals surface area contributed by atoms with E-state index in [1.807, 2.05) is 24.3 Å². The van der Waals surface area contributed by atoms with Gasteiger partial charge >= 0.3 is 0 Å². The summed E-state index contributed by atoms with van der Waals surface area (Å²) in [6, 6.07) is 11.9. The first kappa shape index (κ1) is 21.6. The largest absolute Gasteiger partial charge is 0.370 e. The van der Waals surface area contributed by atoms with Gasteiger partial charge in [0.05, 0.1) is 26.9 Å². The summed E-state index contributed by atoms with van der Waals surface area (Å²) >= 11 is 6.24. The van der Waals surface area contributed by atoms with Crippen LogP contribution in [0.2, 0.25) is 5.02 Å². The topological polar surface area (TPSA) is 69.7 Å². The smallest absolute Gasteiger partial charge is 0.257 e. The second-order valence-corrected chi connectivity index (χ2v) is 9.24. The number of hydrogen-bond acceptors (Lipinski definition) is 4. The van der Waals surface area contributed by atoms with E-state index in [-0.39, 0.29) is 15.5 Å². The van der Waals surface area contributed by atoms with Gasteiger partial charge in [0.1, 0.15) is 0 Å². The lowest BCUT2D eigenvalue weighted by molar-refractivity contribution is 0.102. The second kappa shape index (κ2) is 9.15. The Balaban J connectivity index is 1.91. The highest BCUT2D eigenvalue weighted by atomic mass is 35.5. The summed E-state index contributed by atoms with van der Waals surface area (Å²) in [6.07, 6.45) is 2.25. The zero-order valence-electron chi connectivity index (χ0n) is 16.7. The Labute approximate surface area is 177 Å². The predicted molar refractivity (Wildman–Crippen MR) is 117 cm³/mol. The van der Waals surface area contributed by atoms with Gasteiger partial charge in [-0.3, -0.25) is 4.79 Å². The molecule has 0 radical (unpaired) electrons. The van der Waals surface area contributed by atoms with Crippen LogP contribution in [0.5, 0.6) is 0 Å². The normalized spacial score (nSPS) is 14.4. The molecule has 8 heteroatoms. The number of sulfonamides is 1. The molecule has 0 atom stereocenters. The van der Waals surface area contributed by atoms with Crippen LogP contribution in [0.15, 0.2) is 47.4 Å². The van der Waals surface area contributed by atoms with Crippen molar-refractivity contribution >= 4 is 38.9 Å². The van der Waals surface area contributed by atoms with Crippen molar-refractivity contribution in [2.75, 3.05) is 36.4 Å². The molecule has 2 aromatic carbocycles. The van der Waals surface area contributed by atoms with Crippen LogP contribution in [-0.4, -0.2) is 44.8 Å². The van der Waals surface area contributed by atoms with Gasteiger partial charge in [-0.2, -0.15) is 4.31 Å². The van der Waals surface area contributed by atoms with Gasteiger partial charge < -0.3 is 10.2 Å². The second-order valence-electron chi connectivity index (χ2n) is 6.90. The zero-order chi connectivity index (χ0) is 21.0. The van der Waals surface area contributed by atoms with E-state index in [1.54, 1.807) is 13.8 Å². The Hall–Kier alpha value is -2.09. The van der Waals surface area contributed by atoms with Crippen LogP contribution in [0, 0.1) is 0 Å². The molecule has 3 rings (SSSR count). The molecule has 156 valence electrons. The molecule has 1 aliphatic heterocycles. The van der Waals surface area contributed by atoms with E-state index in [1.165, 1.54) is 22.5 Å². The van der Waals surface area contributed by atoms with E-state index < -0.39 is 15.9 Å². The Bertz CT molecular complexity index is 984. The Morgan fingerprint density at radius 1 is 1.10 bits per heavy atom. The van der Waals surface area contributed by atoms with Crippen molar-refractivity contribution in [1.29, 1.82) is 0 Å². The molecule has 1 amide bonds. The molecule has 0 saturated carbocycles. The summed E-state index contributed by atoms with van der Waals surface area (Å²) in [4.78, 5) is 15.3. The quantitative estimate of drug-likeness (QED) is 0.706. The van der Waals surface area contributed by atoms with Crippen molar-refractivity contribution in [3.05, 3.63) is 53.1 Å². The molecule has 0 unspecified atom stereocenters. The van der Waals surface area contributed by atoms with E-state index in [0.717, 1.165) is 31.6 Å². The van der Waals surface area contributed by atoms with Crippen molar-refractivity contribution in [3.8, 4) is 0 Å². The van der Waals surface area contributed by atoms with Gasteiger partial charge in [-0.05, 0) is 43.2 Å². The average molecular weight is 436 g/mol. The number of carbonyl (C=O) groups is 1. The van der Waals surface area contributed by atoms with Crippen LogP contribution in [-0.2, 0) is 10.0 Å². The molecule has 1 N–H and O–H groups in total. The molecule has 6 nitrogen and oxygen atoms in total. The highest BCUT2D eigenvalue weighted by Gasteiger charge is 2.24. The molecule has 0 aromatic heterocycles. The molecule has 0 spiro atoms. The maximum Gasteiger partial charge on any atom is 0.257 e. The lowest BCUT2D eigenvalue weighted by atomic mass is 10.2. The van der Waals surface area contributed by atoms with Crippen LogP contribution in [0.4, 0.5) is 11.4 Å². The molecule has 29 heavy (non-hydrogen) atoms. The fourth-order valence-electron chi connectivity index (χ4n) is 3.55. The molecule has 2 aromatic rings. The first-order chi connectivity index (χ1) is 13.9. The fraction of sp³-hybridized carbons (Fsp3) is 0.381. The van der Waals surface area contributed by atoms with Crippen LogP contribution >= 0.6 is 11.6 Å². The van der Waals surface area contributed by atoms with Crippen molar-refractivity contribution < 1.29 is 13.2 Å². The highest BCUT2D eigenvalue weighted by molar-refractivity contribution is 7.89. The van der Waals surface area contributed by atoms with Crippen LogP contribution in [0.1, 0.15) is 37.0 Å². The minimum atomic E-state index is -3.68. The monoisotopic (exact) mass is 435 g/mol. The maximum atomic E-state index is 13.0. The molecule has 1 aliphatic rings. The number of hydrogen-bond donors (Lipinski definition) is 1. The summed E-state index contributed by atoms with van der Waals surface area (Å²) in [5, 5.41) is 3.11. The lowest BCUT2D eigenvalue weighted by Crippen LogP contribution is -2.30. The Kier molecular flexibility index (Phi) is 6.82. The third-order valence-electron chi connectivity index (χ3n) is 5.12. The zero-order valence-corrected chi connectivity index (χ0v) is 18.3. The molecular weight excluding hydrogens is 410 g/mol. The number of anilines is 2. The number of nitrogens with one attached hydrogen (secondary N) is 1. The number of rotatable bonds is 7. The highest BCUT2D eigenvalue weighted by Crippen LogP contribution is 2.30. The minimum absolute atomic E-state index is 0.0589. The predicted octanol–water partition coefficient (Wildman–Crippen LogP) is 4.22. The van der Waals surface area contributed by atoms with Gasteiger partial charge in [0, 0.05) is 26.2 Å². The van der Waals surface area contributed by atoms with Crippen LogP contribution in [0.25, 0.3) is 0 Å². The van der Waals surface area contributed by atoms with Crippen LogP contribution in [0.3, 0.4) is 0 Å². The maximum absolute atomic E-state index is 13.0. The number of benzene rings is 2. The summed E-state index contributed by atoms with van der Waals surface area (Å²) < 4.78 is 27.0. The molecule has 0 aliphatic carbocycles. The van der Waals surface area contributed by atoms with Gasteiger partial charge in [0.25, 0.3) is 5.91 Å².